The van der Waals surface area contributed by atoms with E-state index in [1.165, 1.54) is 11.1 Å². The van der Waals surface area contributed by atoms with Gasteiger partial charge in [-0.2, -0.15) is 0 Å². The summed E-state index contributed by atoms with van der Waals surface area (Å²) in [4.78, 5) is 22.7. The van der Waals surface area contributed by atoms with Gasteiger partial charge in [0.15, 0.2) is 0 Å². The highest BCUT2D eigenvalue weighted by Gasteiger charge is 2.27. The van der Waals surface area contributed by atoms with E-state index in [0.29, 0.717) is 12.8 Å². The summed E-state index contributed by atoms with van der Waals surface area (Å²) in [5.74, 6) is -0.395. The van der Waals surface area contributed by atoms with Crippen LogP contribution >= 0.6 is 0 Å². The zero-order valence-electron chi connectivity index (χ0n) is 10.7. The zero-order chi connectivity index (χ0) is 13.1. The topological polar surface area (TPSA) is 58.2 Å². The van der Waals surface area contributed by atoms with Crippen LogP contribution < -0.4 is 10.6 Å². The highest BCUT2D eigenvalue weighted by molar-refractivity contribution is 6.00. The molecule has 0 aromatic heterocycles. The molecule has 1 aromatic rings. The molecule has 2 unspecified atom stereocenters. The van der Waals surface area contributed by atoms with Crippen LogP contribution in [0.1, 0.15) is 36.9 Å². The summed E-state index contributed by atoms with van der Waals surface area (Å²) in [7, 11) is 0. The molecule has 2 N–H and O–H groups in total. The summed E-state index contributed by atoms with van der Waals surface area (Å²) >= 11 is 0. The lowest BCUT2D eigenvalue weighted by molar-refractivity contribution is -0.134. The fraction of sp³-hybridized carbons (Fsp3) is 0.429. The van der Waals surface area contributed by atoms with Crippen molar-refractivity contribution in [2.45, 2.75) is 38.8 Å². The standard InChI is InChI=1S/C14H18N2O2/c1-9-5-3-4-6-11(9)10(2)15-12-7-8-13(17)16-14(12)18/h3-6,10,12,15H,7-8H2,1-2H3,(H,16,17,18). The minimum absolute atomic E-state index is 0.0927. The van der Waals surface area contributed by atoms with Crippen molar-refractivity contribution in [3.8, 4) is 0 Å². The van der Waals surface area contributed by atoms with Gasteiger partial charge in [0.05, 0.1) is 6.04 Å². The molecule has 2 rings (SSSR count). The Kier molecular flexibility index (Phi) is 3.77. The second-order valence-corrected chi connectivity index (χ2v) is 4.75. The smallest absolute Gasteiger partial charge is 0.243 e. The number of piperidine rings is 1. The lowest BCUT2D eigenvalue weighted by atomic mass is 9.99. The second kappa shape index (κ2) is 5.31. The first-order valence-electron chi connectivity index (χ1n) is 6.23. The Labute approximate surface area is 107 Å². The van der Waals surface area contributed by atoms with Crippen LogP contribution in [0.3, 0.4) is 0 Å². The van der Waals surface area contributed by atoms with Gasteiger partial charge in [0.2, 0.25) is 11.8 Å². The summed E-state index contributed by atoms with van der Waals surface area (Å²) in [5.41, 5.74) is 2.38. The SMILES string of the molecule is Cc1ccccc1C(C)NC1CCC(=O)NC1=O. The fourth-order valence-electron chi connectivity index (χ4n) is 2.32. The van der Waals surface area contributed by atoms with E-state index in [4.69, 9.17) is 0 Å². The predicted molar refractivity (Wildman–Crippen MR) is 68.9 cm³/mol. The Bertz CT molecular complexity index is 471. The van der Waals surface area contributed by atoms with Crippen LogP contribution in [0.5, 0.6) is 0 Å². The van der Waals surface area contributed by atoms with Gasteiger partial charge < -0.3 is 0 Å². The third-order valence-corrected chi connectivity index (χ3v) is 3.35. The number of hydrogen-bond donors (Lipinski definition) is 2. The monoisotopic (exact) mass is 246 g/mol. The van der Waals surface area contributed by atoms with Gasteiger partial charge in [0, 0.05) is 12.5 Å². The molecule has 0 bridgehead atoms. The molecule has 1 aromatic carbocycles. The molecule has 0 saturated carbocycles. The van der Waals surface area contributed by atoms with Crippen LogP contribution in [0.4, 0.5) is 0 Å². The lowest BCUT2D eigenvalue weighted by Gasteiger charge is -2.26. The largest absolute Gasteiger partial charge is 0.299 e. The van der Waals surface area contributed by atoms with Gasteiger partial charge in [-0.3, -0.25) is 20.2 Å². The summed E-state index contributed by atoms with van der Waals surface area (Å²) in [6, 6.07) is 7.91. The molecule has 1 saturated heterocycles. The van der Waals surface area contributed by atoms with Crippen molar-refractivity contribution in [3.05, 3.63) is 35.4 Å². The first kappa shape index (κ1) is 12.8. The summed E-state index contributed by atoms with van der Waals surface area (Å²) in [5, 5.41) is 5.64. The first-order chi connectivity index (χ1) is 8.58. The maximum atomic E-state index is 11.7. The van der Waals surface area contributed by atoms with E-state index >= 15 is 0 Å². The maximum absolute atomic E-state index is 11.7. The van der Waals surface area contributed by atoms with Crippen LogP contribution in [-0.4, -0.2) is 17.9 Å². The van der Waals surface area contributed by atoms with Crippen molar-refractivity contribution in [1.82, 2.24) is 10.6 Å². The molecule has 18 heavy (non-hydrogen) atoms. The predicted octanol–water partition coefficient (Wildman–Crippen LogP) is 1.45. The van der Waals surface area contributed by atoms with Crippen molar-refractivity contribution in [1.29, 1.82) is 0 Å². The van der Waals surface area contributed by atoms with Crippen LogP contribution in [0.15, 0.2) is 24.3 Å². The summed E-state index contributed by atoms with van der Waals surface area (Å²) in [6.45, 7) is 4.09. The molecular weight excluding hydrogens is 228 g/mol. The van der Waals surface area contributed by atoms with Crippen molar-refractivity contribution in [2.24, 2.45) is 0 Å². The van der Waals surface area contributed by atoms with Gasteiger partial charge in [-0.25, -0.2) is 0 Å². The van der Waals surface area contributed by atoms with Crippen LogP contribution in [0.2, 0.25) is 0 Å². The van der Waals surface area contributed by atoms with E-state index in [1.54, 1.807) is 0 Å². The van der Waals surface area contributed by atoms with E-state index in [9.17, 15) is 9.59 Å². The van der Waals surface area contributed by atoms with Gasteiger partial charge in [-0.05, 0) is 31.4 Å². The quantitative estimate of drug-likeness (QED) is 0.794. The number of nitrogens with one attached hydrogen (secondary N) is 2. The molecule has 2 amide bonds. The molecule has 0 spiro atoms. The zero-order valence-corrected chi connectivity index (χ0v) is 10.7. The Morgan fingerprint density at radius 1 is 1.33 bits per heavy atom. The number of carbonyl (C=O) groups excluding carboxylic acids is 2. The molecule has 1 aliphatic heterocycles. The van der Waals surface area contributed by atoms with E-state index in [1.807, 2.05) is 19.1 Å². The second-order valence-electron chi connectivity index (χ2n) is 4.75. The first-order valence-corrected chi connectivity index (χ1v) is 6.23. The van der Waals surface area contributed by atoms with Gasteiger partial charge in [0.25, 0.3) is 0 Å². The molecule has 4 nitrogen and oxygen atoms in total. The van der Waals surface area contributed by atoms with Crippen molar-refractivity contribution in [3.63, 3.8) is 0 Å². The lowest BCUT2D eigenvalue weighted by Crippen LogP contribution is -2.51. The number of amides is 2. The number of aryl methyl sites for hydroxylation is 1. The molecule has 1 heterocycles. The summed E-state index contributed by atoms with van der Waals surface area (Å²) in [6.07, 6.45) is 0.977. The summed E-state index contributed by atoms with van der Waals surface area (Å²) < 4.78 is 0. The molecule has 4 heteroatoms. The average molecular weight is 246 g/mol. The van der Waals surface area contributed by atoms with Crippen LogP contribution in [-0.2, 0) is 9.59 Å². The van der Waals surface area contributed by atoms with Gasteiger partial charge in [-0.15, -0.1) is 0 Å². The molecular formula is C14H18N2O2. The van der Waals surface area contributed by atoms with Gasteiger partial charge in [-0.1, -0.05) is 24.3 Å². The highest BCUT2D eigenvalue weighted by atomic mass is 16.2. The van der Waals surface area contributed by atoms with Crippen molar-refractivity contribution < 1.29 is 9.59 Å². The van der Waals surface area contributed by atoms with Crippen LogP contribution in [0.25, 0.3) is 0 Å². The minimum atomic E-state index is -0.280. The highest BCUT2D eigenvalue weighted by Crippen LogP contribution is 2.18. The Morgan fingerprint density at radius 2 is 2.06 bits per heavy atom. The maximum Gasteiger partial charge on any atom is 0.243 e. The third kappa shape index (κ3) is 2.76. The minimum Gasteiger partial charge on any atom is -0.299 e. The van der Waals surface area contributed by atoms with Crippen molar-refractivity contribution >= 4 is 11.8 Å². The Hall–Kier alpha value is -1.68. The average Bonchev–Trinajstić information content (AvgIpc) is 2.33. The number of benzene rings is 1. The molecule has 1 fully saturated rings. The number of hydrogen-bond acceptors (Lipinski definition) is 3. The van der Waals surface area contributed by atoms with Crippen molar-refractivity contribution in [2.75, 3.05) is 0 Å². The number of imide groups is 1. The van der Waals surface area contributed by atoms with Gasteiger partial charge >= 0.3 is 0 Å². The molecule has 96 valence electrons. The molecule has 0 aliphatic carbocycles. The van der Waals surface area contributed by atoms with Gasteiger partial charge in [0.1, 0.15) is 0 Å². The molecule has 0 radical (unpaired) electrons. The van der Waals surface area contributed by atoms with E-state index < -0.39 is 0 Å². The van der Waals surface area contributed by atoms with Crippen LogP contribution in [0, 0.1) is 6.92 Å². The normalized spacial score (nSPS) is 21.6. The Balaban J connectivity index is 2.04. The Morgan fingerprint density at radius 3 is 2.72 bits per heavy atom. The third-order valence-electron chi connectivity index (χ3n) is 3.35. The number of carbonyl (C=O) groups is 2. The number of rotatable bonds is 3. The molecule has 2 atom stereocenters. The fourth-order valence-corrected chi connectivity index (χ4v) is 2.32. The van der Waals surface area contributed by atoms with E-state index in [2.05, 4.69) is 29.7 Å². The van der Waals surface area contributed by atoms with E-state index in [0.717, 1.165) is 0 Å². The molecule has 1 aliphatic rings. The van der Waals surface area contributed by atoms with E-state index in [-0.39, 0.29) is 23.9 Å².